The lowest BCUT2D eigenvalue weighted by molar-refractivity contribution is 0.0705. The largest absolute Gasteiger partial charge is 0.493 e. The highest BCUT2D eigenvalue weighted by atomic mass is 16.5. The molecular formula is C23H40N2O3. The Morgan fingerprint density at radius 3 is 2.61 bits per heavy atom. The van der Waals surface area contributed by atoms with Crippen molar-refractivity contribution in [1.29, 1.82) is 0 Å². The molecule has 5 nitrogen and oxygen atoms in total. The molecule has 1 aromatic carbocycles. The van der Waals surface area contributed by atoms with Crippen LogP contribution < -0.4 is 14.8 Å². The van der Waals surface area contributed by atoms with Crippen molar-refractivity contribution in [2.45, 2.75) is 65.0 Å². The lowest BCUT2D eigenvalue weighted by Crippen LogP contribution is -2.35. The van der Waals surface area contributed by atoms with Gasteiger partial charge in [-0.05, 0) is 56.1 Å². The Kier molecular flexibility index (Phi) is 10.7. The van der Waals surface area contributed by atoms with Crippen LogP contribution in [0.25, 0.3) is 0 Å². The number of methoxy groups -OCH3 is 1. The first-order valence-corrected chi connectivity index (χ1v) is 11.1. The van der Waals surface area contributed by atoms with Crippen LogP contribution in [0.3, 0.4) is 0 Å². The van der Waals surface area contributed by atoms with Gasteiger partial charge in [0.25, 0.3) is 0 Å². The molecule has 0 amide bonds. The summed E-state index contributed by atoms with van der Waals surface area (Å²) in [5.41, 5.74) is 1.19. The van der Waals surface area contributed by atoms with Crippen LogP contribution in [0.1, 0.15) is 57.9 Å². The lowest BCUT2D eigenvalue weighted by Gasteiger charge is -2.22. The average molecular weight is 393 g/mol. The van der Waals surface area contributed by atoms with Gasteiger partial charge >= 0.3 is 0 Å². The smallest absolute Gasteiger partial charge is 0.161 e. The van der Waals surface area contributed by atoms with E-state index in [1.165, 1.54) is 44.1 Å². The molecule has 0 spiro atoms. The second-order valence-corrected chi connectivity index (χ2v) is 7.91. The summed E-state index contributed by atoms with van der Waals surface area (Å²) in [4.78, 5) is 2.19. The van der Waals surface area contributed by atoms with Gasteiger partial charge in [0, 0.05) is 13.1 Å². The summed E-state index contributed by atoms with van der Waals surface area (Å²) < 4.78 is 11.3. The van der Waals surface area contributed by atoms with Crippen molar-refractivity contribution >= 4 is 0 Å². The van der Waals surface area contributed by atoms with Crippen molar-refractivity contribution in [3.05, 3.63) is 23.8 Å². The molecular weight excluding hydrogens is 352 g/mol. The third-order valence-electron chi connectivity index (χ3n) is 5.79. The number of ether oxygens (including phenoxy) is 2. The maximum atomic E-state index is 10.2. The molecule has 2 N–H and O–H groups in total. The van der Waals surface area contributed by atoms with E-state index in [0.29, 0.717) is 12.3 Å². The van der Waals surface area contributed by atoms with Gasteiger partial charge in [0.1, 0.15) is 12.7 Å². The summed E-state index contributed by atoms with van der Waals surface area (Å²) in [5.74, 6) is 2.38. The minimum atomic E-state index is -0.509. The molecule has 1 saturated carbocycles. The number of nitrogens with one attached hydrogen (secondary N) is 1. The van der Waals surface area contributed by atoms with Crippen LogP contribution in [0.2, 0.25) is 0 Å². The Morgan fingerprint density at radius 2 is 1.93 bits per heavy atom. The van der Waals surface area contributed by atoms with E-state index in [4.69, 9.17) is 9.47 Å². The first-order chi connectivity index (χ1) is 13.7. The molecule has 0 heterocycles. The van der Waals surface area contributed by atoms with Crippen LogP contribution in [0.5, 0.6) is 11.5 Å². The fourth-order valence-electron chi connectivity index (χ4n) is 4.01. The lowest BCUT2D eigenvalue weighted by atomic mass is 10.0. The van der Waals surface area contributed by atoms with Crippen molar-refractivity contribution in [1.82, 2.24) is 10.2 Å². The summed E-state index contributed by atoms with van der Waals surface area (Å²) >= 11 is 0. The Bertz CT molecular complexity index is 543. The van der Waals surface area contributed by atoms with E-state index in [-0.39, 0.29) is 6.61 Å². The van der Waals surface area contributed by atoms with Crippen molar-refractivity contribution in [2.24, 2.45) is 5.92 Å². The zero-order chi connectivity index (χ0) is 20.2. The highest BCUT2D eigenvalue weighted by Gasteiger charge is 2.14. The van der Waals surface area contributed by atoms with Crippen LogP contribution in [0, 0.1) is 5.92 Å². The Labute approximate surface area is 171 Å². The summed E-state index contributed by atoms with van der Waals surface area (Å²) in [5, 5.41) is 13.7. The quantitative estimate of drug-likeness (QED) is 0.471. The molecule has 1 aliphatic carbocycles. The van der Waals surface area contributed by atoms with Gasteiger partial charge in [0.2, 0.25) is 0 Å². The first kappa shape index (κ1) is 23.0. The number of likely N-dealkylation sites (N-methyl/N-ethyl adjacent to an activating group) is 1. The molecule has 0 radical (unpaired) electrons. The third-order valence-corrected chi connectivity index (χ3v) is 5.79. The Morgan fingerprint density at radius 1 is 1.18 bits per heavy atom. The Balaban J connectivity index is 1.72. The average Bonchev–Trinajstić information content (AvgIpc) is 3.24. The molecule has 0 unspecified atom stereocenters. The highest BCUT2D eigenvalue weighted by Crippen LogP contribution is 2.29. The van der Waals surface area contributed by atoms with Crippen LogP contribution >= 0.6 is 0 Å². The number of rotatable bonds is 14. The molecule has 1 aliphatic rings. The zero-order valence-corrected chi connectivity index (χ0v) is 18.1. The monoisotopic (exact) mass is 392 g/mol. The van der Waals surface area contributed by atoms with E-state index in [0.717, 1.165) is 37.8 Å². The SMILES string of the molecule is CCN(CC)C[C@@H](O)COc1ccc(CNCCCC2CCCC2)cc1OC. The summed E-state index contributed by atoms with van der Waals surface area (Å²) in [6, 6.07) is 6.03. The van der Waals surface area contributed by atoms with Crippen LogP contribution in [0.4, 0.5) is 0 Å². The normalized spacial score (nSPS) is 15.9. The fraction of sp³-hybridized carbons (Fsp3) is 0.739. The molecule has 0 aliphatic heterocycles. The van der Waals surface area contributed by atoms with Crippen LogP contribution in [-0.2, 0) is 6.54 Å². The minimum Gasteiger partial charge on any atom is -0.493 e. The molecule has 1 aromatic rings. The van der Waals surface area contributed by atoms with E-state index < -0.39 is 6.10 Å². The maximum absolute atomic E-state index is 10.2. The molecule has 160 valence electrons. The molecule has 0 saturated heterocycles. The van der Waals surface area contributed by atoms with Crippen LogP contribution in [-0.4, -0.2) is 56.0 Å². The van der Waals surface area contributed by atoms with E-state index in [1.807, 2.05) is 12.1 Å². The molecule has 1 fully saturated rings. The van der Waals surface area contributed by atoms with E-state index in [2.05, 4.69) is 30.1 Å². The van der Waals surface area contributed by atoms with Gasteiger partial charge in [-0.1, -0.05) is 45.6 Å². The van der Waals surface area contributed by atoms with Crippen molar-refractivity contribution in [3.63, 3.8) is 0 Å². The van der Waals surface area contributed by atoms with Gasteiger partial charge < -0.3 is 24.8 Å². The van der Waals surface area contributed by atoms with Crippen molar-refractivity contribution in [3.8, 4) is 11.5 Å². The topological polar surface area (TPSA) is 54.0 Å². The highest BCUT2D eigenvalue weighted by molar-refractivity contribution is 5.43. The van der Waals surface area contributed by atoms with E-state index in [9.17, 15) is 5.11 Å². The van der Waals surface area contributed by atoms with Gasteiger partial charge in [-0.25, -0.2) is 0 Å². The molecule has 5 heteroatoms. The number of nitrogens with zero attached hydrogens (tertiary/aromatic N) is 1. The molecule has 1 atom stereocenters. The minimum absolute atomic E-state index is 0.269. The first-order valence-electron chi connectivity index (χ1n) is 11.1. The van der Waals surface area contributed by atoms with Gasteiger partial charge in [-0.3, -0.25) is 0 Å². The predicted molar refractivity (Wildman–Crippen MR) is 115 cm³/mol. The summed E-state index contributed by atoms with van der Waals surface area (Å²) in [6.45, 7) is 8.85. The van der Waals surface area contributed by atoms with E-state index in [1.54, 1.807) is 7.11 Å². The third kappa shape index (κ3) is 7.98. The molecule has 2 rings (SSSR count). The van der Waals surface area contributed by atoms with Gasteiger partial charge in [-0.15, -0.1) is 0 Å². The second kappa shape index (κ2) is 13.0. The van der Waals surface area contributed by atoms with Gasteiger partial charge in [0.15, 0.2) is 11.5 Å². The van der Waals surface area contributed by atoms with E-state index >= 15 is 0 Å². The van der Waals surface area contributed by atoms with Gasteiger partial charge in [0.05, 0.1) is 7.11 Å². The standard InChI is InChI=1S/C23H40N2O3/c1-4-25(5-2)17-21(26)18-28-22-13-12-20(15-23(22)27-3)16-24-14-8-11-19-9-6-7-10-19/h12-13,15,19,21,24,26H,4-11,14,16-18H2,1-3H3/t21-/m1/s1. The number of hydrogen-bond donors (Lipinski definition) is 2. The fourth-order valence-corrected chi connectivity index (χ4v) is 4.01. The Hall–Kier alpha value is -1.30. The van der Waals surface area contributed by atoms with Crippen LogP contribution in [0.15, 0.2) is 18.2 Å². The summed E-state index contributed by atoms with van der Waals surface area (Å²) in [6.07, 6.45) is 7.83. The maximum Gasteiger partial charge on any atom is 0.161 e. The molecule has 0 aromatic heterocycles. The molecule has 28 heavy (non-hydrogen) atoms. The zero-order valence-electron chi connectivity index (χ0n) is 18.1. The molecule has 0 bridgehead atoms. The second-order valence-electron chi connectivity index (χ2n) is 7.91. The van der Waals surface area contributed by atoms with Gasteiger partial charge in [-0.2, -0.15) is 0 Å². The summed E-state index contributed by atoms with van der Waals surface area (Å²) in [7, 11) is 1.66. The number of benzene rings is 1. The number of aliphatic hydroxyl groups is 1. The number of hydrogen-bond acceptors (Lipinski definition) is 5. The van der Waals surface area contributed by atoms with Crippen molar-refractivity contribution < 1.29 is 14.6 Å². The van der Waals surface area contributed by atoms with Crippen molar-refractivity contribution in [2.75, 3.05) is 39.9 Å². The predicted octanol–water partition coefficient (Wildman–Crippen LogP) is 3.84. The number of aliphatic hydroxyl groups excluding tert-OH is 1.